The third-order valence-corrected chi connectivity index (χ3v) is 4.16. The average Bonchev–Trinajstić information content (AvgIpc) is 2.54. The second kappa shape index (κ2) is 8.40. The number of nitrogens with one attached hydrogen (secondary N) is 2. The molecular weight excluding hydrogens is 324 g/mol. The first-order chi connectivity index (χ1) is 11.5. The van der Waals surface area contributed by atoms with E-state index in [-0.39, 0.29) is 18.4 Å². The van der Waals surface area contributed by atoms with E-state index in [9.17, 15) is 9.59 Å². The predicted octanol–water partition coefficient (Wildman–Crippen LogP) is 3.69. The van der Waals surface area contributed by atoms with Gasteiger partial charge in [-0.1, -0.05) is 12.1 Å². The molecule has 2 N–H and O–H groups in total. The van der Waals surface area contributed by atoms with Gasteiger partial charge in [0, 0.05) is 18.3 Å². The Morgan fingerprint density at radius 1 is 1.04 bits per heavy atom. The van der Waals surface area contributed by atoms with Crippen LogP contribution in [0, 0.1) is 6.92 Å². The number of amides is 2. The molecule has 0 bridgehead atoms. The summed E-state index contributed by atoms with van der Waals surface area (Å²) in [6.07, 6.45) is 1.98. The maximum absolute atomic E-state index is 12.0. The summed E-state index contributed by atoms with van der Waals surface area (Å²) in [6.45, 7) is 3.39. The number of hydrogen-bond donors (Lipinski definition) is 2. The maximum atomic E-state index is 12.0. The van der Waals surface area contributed by atoms with E-state index in [4.69, 9.17) is 4.74 Å². The van der Waals surface area contributed by atoms with Crippen molar-refractivity contribution in [3.05, 3.63) is 48.0 Å². The maximum Gasteiger partial charge on any atom is 0.262 e. The van der Waals surface area contributed by atoms with E-state index in [1.807, 2.05) is 31.4 Å². The molecular formula is C18H20N2O3S. The normalized spacial score (nSPS) is 10.1. The fourth-order valence-electron chi connectivity index (χ4n) is 2.18. The van der Waals surface area contributed by atoms with E-state index in [1.54, 1.807) is 36.0 Å². The molecule has 0 saturated heterocycles. The lowest BCUT2D eigenvalue weighted by molar-refractivity contribution is -0.118. The van der Waals surface area contributed by atoms with Gasteiger partial charge in [-0.3, -0.25) is 9.59 Å². The molecule has 0 spiro atoms. The van der Waals surface area contributed by atoms with Gasteiger partial charge in [0.25, 0.3) is 5.91 Å². The molecule has 0 radical (unpaired) electrons. The molecule has 2 aromatic rings. The number of hydrogen-bond acceptors (Lipinski definition) is 4. The van der Waals surface area contributed by atoms with Crippen LogP contribution >= 0.6 is 11.8 Å². The highest BCUT2D eigenvalue weighted by Gasteiger charge is 2.09. The number of rotatable bonds is 6. The summed E-state index contributed by atoms with van der Waals surface area (Å²) in [6, 6.07) is 12.7. The molecule has 2 aromatic carbocycles. The van der Waals surface area contributed by atoms with Gasteiger partial charge >= 0.3 is 0 Å². The van der Waals surface area contributed by atoms with Crippen LogP contribution in [-0.2, 0) is 9.59 Å². The molecule has 0 atom stereocenters. The van der Waals surface area contributed by atoms with Crippen molar-refractivity contribution in [1.82, 2.24) is 0 Å². The van der Waals surface area contributed by atoms with Crippen LogP contribution < -0.4 is 15.4 Å². The van der Waals surface area contributed by atoms with Crippen LogP contribution in [0.25, 0.3) is 0 Å². The van der Waals surface area contributed by atoms with Crippen LogP contribution in [0.15, 0.2) is 47.4 Å². The molecule has 0 aliphatic heterocycles. The SMILES string of the molecule is CSc1c(C)cccc1OCC(=O)Nc1ccc(NC(C)=O)cc1. The van der Waals surface area contributed by atoms with Crippen molar-refractivity contribution < 1.29 is 14.3 Å². The molecule has 0 saturated carbocycles. The van der Waals surface area contributed by atoms with Crippen LogP contribution in [0.4, 0.5) is 11.4 Å². The van der Waals surface area contributed by atoms with Crippen molar-refractivity contribution in [3.63, 3.8) is 0 Å². The molecule has 6 heteroatoms. The second-order valence-corrected chi connectivity index (χ2v) is 6.02. The first-order valence-electron chi connectivity index (χ1n) is 7.43. The van der Waals surface area contributed by atoms with E-state index in [2.05, 4.69) is 10.6 Å². The van der Waals surface area contributed by atoms with Crippen molar-refractivity contribution in [1.29, 1.82) is 0 Å². The van der Waals surface area contributed by atoms with Crippen LogP contribution in [0.3, 0.4) is 0 Å². The zero-order valence-electron chi connectivity index (χ0n) is 13.9. The topological polar surface area (TPSA) is 67.4 Å². The van der Waals surface area contributed by atoms with Gasteiger partial charge in [-0.2, -0.15) is 0 Å². The zero-order valence-corrected chi connectivity index (χ0v) is 14.7. The van der Waals surface area contributed by atoms with Crippen LogP contribution in [-0.4, -0.2) is 24.7 Å². The second-order valence-electron chi connectivity index (χ2n) is 5.20. The van der Waals surface area contributed by atoms with Gasteiger partial charge in [0.15, 0.2) is 6.61 Å². The minimum absolute atomic E-state index is 0.0650. The number of carbonyl (C=O) groups excluding carboxylic acids is 2. The molecule has 24 heavy (non-hydrogen) atoms. The fourth-order valence-corrected chi connectivity index (χ4v) is 2.90. The molecule has 0 aliphatic rings. The molecule has 0 unspecified atom stereocenters. The minimum atomic E-state index is -0.240. The lowest BCUT2D eigenvalue weighted by Crippen LogP contribution is -2.20. The van der Waals surface area contributed by atoms with Crippen molar-refractivity contribution in [2.75, 3.05) is 23.5 Å². The fraction of sp³-hybridized carbons (Fsp3) is 0.222. The van der Waals surface area contributed by atoms with Gasteiger partial charge in [0.2, 0.25) is 5.91 Å². The molecule has 0 heterocycles. The summed E-state index contributed by atoms with van der Waals surface area (Å²) in [5, 5.41) is 5.43. The Hall–Kier alpha value is -2.47. The van der Waals surface area contributed by atoms with Gasteiger partial charge in [-0.25, -0.2) is 0 Å². The number of carbonyl (C=O) groups is 2. The summed E-state index contributed by atoms with van der Waals surface area (Å²) in [5.41, 5.74) is 2.45. The smallest absolute Gasteiger partial charge is 0.262 e. The van der Waals surface area contributed by atoms with Crippen molar-refractivity contribution in [2.24, 2.45) is 0 Å². The predicted molar refractivity (Wildman–Crippen MR) is 97.8 cm³/mol. The lowest BCUT2D eigenvalue weighted by Gasteiger charge is -2.12. The van der Waals surface area contributed by atoms with E-state index in [0.29, 0.717) is 17.1 Å². The van der Waals surface area contributed by atoms with Gasteiger partial charge < -0.3 is 15.4 Å². The largest absolute Gasteiger partial charge is 0.483 e. The van der Waals surface area contributed by atoms with Crippen molar-refractivity contribution >= 4 is 35.0 Å². The lowest BCUT2D eigenvalue weighted by atomic mass is 10.2. The van der Waals surface area contributed by atoms with Gasteiger partial charge in [-0.15, -0.1) is 11.8 Å². The number of thioether (sulfide) groups is 1. The zero-order chi connectivity index (χ0) is 17.5. The Morgan fingerprint density at radius 2 is 1.67 bits per heavy atom. The summed E-state index contributed by atoms with van der Waals surface area (Å²) in [5.74, 6) is 0.331. The van der Waals surface area contributed by atoms with E-state index in [1.165, 1.54) is 6.92 Å². The summed E-state index contributed by atoms with van der Waals surface area (Å²) in [4.78, 5) is 24.0. The summed E-state index contributed by atoms with van der Waals surface area (Å²) < 4.78 is 5.63. The first kappa shape index (κ1) is 17.9. The highest BCUT2D eigenvalue weighted by Crippen LogP contribution is 2.30. The molecule has 5 nitrogen and oxygen atoms in total. The third-order valence-electron chi connectivity index (χ3n) is 3.23. The van der Waals surface area contributed by atoms with Crippen molar-refractivity contribution in [3.8, 4) is 5.75 Å². The van der Waals surface area contributed by atoms with Gasteiger partial charge in [-0.05, 0) is 49.1 Å². The number of aryl methyl sites for hydroxylation is 1. The van der Waals surface area contributed by atoms with E-state index < -0.39 is 0 Å². The van der Waals surface area contributed by atoms with Crippen LogP contribution in [0.2, 0.25) is 0 Å². The Labute approximate surface area is 145 Å². The Morgan fingerprint density at radius 3 is 2.25 bits per heavy atom. The average molecular weight is 344 g/mol. The van der Waals surface area contributed by atoms with E-state index in [0.717, 1.165) is 10.5 Å². The molecule has 2 amide bonds. The Bertz CT molecular complexity index is 730. The number of anilines is 2. The Kier molecular flexibility index (Phi) is 6.26. The van der Waals surface area contributed by atoms with Gasteiger partial charge in [0.1, 0.15) is 5.75 Å². The van der Waals surface area contributed by atoms with Crippen LogP contribution in [0.5, 0.6) is 5.75 Å². The number of ether oxygens (including phenoxy) is 1. The molecule has 2 rings (SSSR count). The third kappa shape index (κ3) is 5.03. The first-order valence-corrected chi connectivity index (χ1v) is 8.66. The number of benzene rings is 2. The Balaban J connectivity index is 1.92. The highest BCUT2D eigenvalue weighted by atomic mass is 32.2. The van der Waals surface area contributed by atoms with E-state index >= 15 is 0 Å². The molecule has 126 valence electrons. The molecule has 0 aliphatic carbocycles. The standard InChI is InChI=1S/C18H20N2O3S/c1-12-5-4-6-16(18(12)24-3)23-11-17(22)20-15-9-7-14(8-10-15)19-13(2)21/h4-10H,11H2,1-3H3,(H,19,21)(H,20,22). The minimum Gasteiger partial charge on any atom is -0.483 e. The molecule has 0 aromatic heterocycles. The van der Waals surface area contributed by atoms with Crippen molar-refractivity contribution in [2.45, 2.75) is 18.7 Å². The quantitative estimate of drug-likeness (QED) is 0.784. The monoisotopic (exact) mass is 344 g/mol. The summed E-state index contributed by atoms with van der Waals surface area (Å²) >= 11 is 1.59. The highest BCUT2D eigenvalue weighted by molar-refractivity contribution is 7.98. The molecule has 0 fully saturated rings. The summed E-state index contributed by atoms with van der Waals surface area (Å²) in [7, 11) is 0. The van der Waals surface area contributed by atoms with Gasteiger partial charge in [0.05, 0.1) is 4.90 Å². The van der Waals surface area contributed by atoms with Crippen LogP contribution in [0.1, 0.15) is 12.5 Å².